The Morgan fingerprint density at radius 2 is 1.60 bits per heavy atom. The van der Waals surface area contributed by atoms with Gasteiger partial charge in [-0.05, 0) is 46.9 Å². The van der Waals surface area contributed by atoms with Crippen molar-refractivity contribution in [1.82, 2.24) is 0 Å². The van der Waals surface area contributed by atoms with Crippen molar-refractivity contribution in [2.24, 2.45) is 0 Å². The van der Waals surface area contributed by atoms with Crippen molar-refractivity contribution in [1.29, 1.82) is 0 Å². The third-order valence-electron chi connectivity index (χ3n) is 4.85. The molecule has 4 rings (SSSR count). The third kappa shape index (κ3) is 4.27. The molecule has 5 nitrogen and oxygen atoms in total. The van der Waals surface area contributed by atoms with Crippen LogP contribution in [0, 0.1) is 0 Å². The number of halogens is 3. The molecule has 3 aromatic carbocycles. The molecule has 30 heavy (non-hydrogen) atoms. The smallest absolute Gasteiger partial charge is 0.406 e. The molecule has 0 spiro atoms. The molecule has 0 aromatic heterocycles. The van der Waals surface area contributed by atoms with Gasteiger partial charge in [-0.15, -0.1) is 13.2 Å². The molecular weight excluding hydrogens is 419 g/mol. The number of nitrogens with one attached hydrogen (secondary N) is 1. The Balaban J connectivity index is 1.79. The zero-order valence-electron chi connectivity index (χ0n) is 15.4. The van der Waals surface area contributed by atoms with Gasteiger partial charge in [0, 0.05) is 18.2 Å². The number of anilines is 2. The fourth-order valence-electron chi connectivity index (χ4n) is 3.60. The van der Waals surface area contributed by atoms with Crippen molar-refractivity contribution in [2.45, 2.75) is 24.1 Å². The molecule has 1 aliphatic rings. The lowest BCUT2D eigenvalue weighted by molar-refractivity contribution is -0.274. The van der Waals surface area contributed by atoms with Gasteiger partial charge in [0.15, 0.2) is 0 Å². The zero-order chi connectivity index (χ0) is 21.5. The quantitative estimate of drug-likeness (QED) is 0.438. The van der Waals surface area contributed by atoms with E-state index in [4.69, 9.17) is 0 Å². The van der Waals surface area contributed by atoms with E-state index in [1.54, 1.807) is 6.07 Å². The predicted octanol–water partition coefficient (Wildman–Crippen LogP) is 5.07. The minimum atomic E-state index is -4.85. The molecule has 0 saturated carbocycles. The van der Waals surface area contributed by atoms with Crippen molar-refractivity contribution in [2.75, 3.05) is 5.32 Å². The van der Waals surface area contributed by atoms with Crippen molar-refractivity contribution in [3.05, 3.63) is 82.9 Å². The first kappa shape index (κ1) is 20.2. The SMILES string of the molecule is O=S(=O)(O)c1ccc2c(c1Nc1cccc(OC(F)(F)F)c1)Cc1ccccc1C2. The number of hydrogen-bond donors (Lipinski definition) is 2. The van der Waals surface area contributed by atoms with Gasteiger partial charge in [-0.1, -0.05) is 36.4 Å². The van der Waals surface area contributed by atoms with Gasteiger partial charge in [-0.2, -0.15) is 8.42 Å². The Bertz CT molecular complexity index is 1220. The van der Waals surface area contributed by atoms with Crippen LogP contribution in [-0.4, -0.2) is 19.3 Å². The van der Waals surface area contributed by atoms with Gasteiger partial charge >= 0.3 is 6.36 Å². The molecule has 0 bridgehead atoms. The second-order valence-corrected chi connectivity index (χ2v) is 8.26. The molecule has 0 fully saturated rings. The molecule has 0 saturated heterocycles. The molecule has 0 atom stereocenters. The van der Waals surface area contributed by atoms with Gasteiger partial charge < -0.3 is 10.1 Å². The average molecular weight is 435 g/mol. The molecule has 1 aliphatic carbocycles. The molecule has 0 unspecified atom stereocenters. The van der Waals surface area contributed by atoms with Gasteiger partial charge in [0.05, 0.1) is 5.69 Å². The molecule has 0 heterocycles. The second kappa shape index (κ2) is 7.33. The molecule has 0 amide bonds. The van der Waals surface area contributed by atoms with Crippen LogP contribution in [0.5, 0.6) is 5.75 Å². The summed E-state index contributed by atoms with van der Waals surface area (Å²) in [5, 5.41) is 2.88. The second-order valence-electron chi connectivity index (χ2n) is 6.87. The van der Waals surface area contributed by atoms with Crippen LogP contribution >= 0.6 is 0 Å². The average Bonchev–Trinajstić information content (AvgIpc) is 2.65. The standard InChI is InChI=1S/C21H16F3NO4S/c22-21(23,24)29-17-7-3-6-16(12-17)25-20-18-11-14-5-2-1-4-13(14)10-15(18)8-9-19(20)30(26,27)28/h1-9,12,25H,10-11H2,(H,26,27,28). The van der Waals surface area contributed by atoms with Gasteiger partial charge in [0.2, 0.25) is 0 Å². The minimum absolute atomic E-state index is 0.133. The highest BCUT2D eigenvalue weighted by Crippen LogP contribution is 2.38. The Morgan fingerprint density at radius 3 is 2.27 bits per heavy atom. The third-order valence-corrected chi connectivity index (χ3v) is 5.75. The first-order chi connectivity index (χ1) is 14.1. The molecular formula is C21H16F3NO4S. The minimum Gasteiger partial charge on any atom is -0.406 e. The molecule has 156 valence electrons. The first-order valence-electron chi connectivity index (χ1n) is 8.92. The lowest BCUT2D eigenvalue weighted by Crippen LogP contribution is -2.17. The fraction of sp³-hybridized carbons (Fsp3) is 0.143. The van der Waals surface area contributed by atoms with Gasteiger partial charge in [-0.3, -0.25) is 4.55 Å². The number of hydrogen-bond acceptors (Lipinski definition) is 4. The van der Waals surface area contributed by atoms with E-state index in [0.717, 1.165) is 28.8 Å². The maximum Gasteiger partial charge on any atom is 0.573 e. The van der Waals surface area contributed by atoms with Crippen molar-refractivity contribution >= 4 is 21.5 Å². The molecule has 2 N–H and O–H groups in total. The molecule has 9 heteroatoms. The summed E-state index contributed by atoms with van der Waals surface area (Å²) < 4.78 is 75.2. The van der Waals surface area contributed by atoms with Gasteiger partial charge in [0.1, 0.15) is 10.6 Å². The highest BCUT2D eigenvalue weighted by Gasteiger charge is 2.31. The summed E-state index contributed by atoms with van der Waals surface area (Å²) in [5.74, 6) is -0.448. The van der Waals surface area contributed by atoms with Crippen LogP contribution in [0.15, 0.2) is 65.6 Å². The Kier molecular flexibility index (Phi) is 4.95. The summed E-state index contributed by atoms with van der Waals surface area (Å²) in [6, 6.07) is 15.7. The monoisotopic (exact) mass is 435 g/mol. The number of alkyl halides is 3. The maximum absolute atomic E-state index is 12.5. The number of rotatable bonds is 4. The summed E-state index contributed by atoms with van der Waals surface area (Å²) in [7, 11) is -4.58. The highest BCUT2D eigenvalue weighted by molar-refractivity contribution is 7.86. The molecule has 3 aromatic rings. The number of ether oxygens (including phenoxy) is 1. The van der Waals surface area contributed by atoms with E-state index in [9.17, 15) is 26.1 Å². The summed E-state index contributed by atoms with van der Waals surface area (Å²) in [4.78, 5) is -0.345. The van der Waals surface area contributed by atoms with Crippen LogP contribution in [0.4, 0.5) is 24.5 Å². The van der Waals surface area contributed by atoms with Crippen LogP contribution in [0.3, 0.4) is 0 Å². The molecule has 0 aliphatic heterocycles. The maximum atomic E-state index is 12.5. The summed E-state index contributed by atoms with van der Waals surface area (Å²) >= 11 is 0. The van der Waals surface area contributed by atoms with Crippen LogP contribution in [-0.2, 0) is 23.0 Å². The van der Waals surface area contributed by atoms with Crippen LogP contribution in [0.1, 0.15) is 22.3 Å². The van der Waals surface area contributed by atoms with E-state index in [2.05, 4.69) is 10.1 Å². The summed E-state index contributed by atoms with van der Waals surface area (Å²) in [6.45, 7) is 0. The van der Waals surface area contributed by atoms with Crippen molar-refractivity contribution < 1.29 is 30.9 Å². The van der Waals surface area contributed by atoms with E-state index >= 15 is 0 Å². The van der Waals surface area contributed by atoms with Gasteiger partial charge in [-0.25, -0.2) is 0 Å². The van der Waals surface area contributed by atoms with Crippen LogP contribution in [0.2, 0.25) is 0 Å². The van der Waals surface area contributed by atoms with E-state index in [1.165, 1.54) is 18.2 Å². The van der Waals surface area contributed by atoms with E-state index in [0.29, 0.717) is 18.4 Å². The normalized spacial score (nSPS) is 13.3. The number of benzene rings is 3. The predicted molar refractivity (Wildman–Crippen MR) is 105 cm³/mol. The van der Waals surface area contributed by atoms with Crippen molar-refractivity contribution in [3.63, 3.8) is 0 Å². The van der Waals surface area contributed by atoms with Gasteiger partial charge in [0.25, 0.3) is 10.1 Å². The first-order valence-corrected chi connectivity index (χ1v) is 10.4. The Labute approximate surface area is 170 Å². The lowest BCUT2D eigenvalue weighted by Gasteiger charge is -2.24. The highest BCUT2D eigenvalue weighted by atomic mass is 32.2. The number of fused-ring (bicyclic) bond motifs is 2. The zero-order valence-corrected chi connectivity index (χ0v) is 16.2. The summed E-state index contributed by atoms with van der Waals surface area (Å²) in [6.07, 6.45) is -3.87. The fourth-order valence-corrected chi connectivity index (χ4v) is 4.27. The van der Waals surface area contributed by atoms with E-state index in [1.807, 2.05) is 24.3 Å². The Morgan fingerprint density at radius 1 is 0.900 bits per heavy atom. The molecule has 0 radical (unpaired) electrons. The lowest BCUT2D eigenvalue weighted by atomic mass is 9.85. The topological polar surface area (TPSA) is 75.6 Å². The van der Waals surface area contributed by atoms with E-state index < -0.39 is 22.2 Å². The van der Waals surface area contributed by atoms with Crippen LogP contribution in [0.25, 0.3) is 0 Å². The summed E-state index contributed by atoms with van der Waals surface area (Å²) in [5.41, 5.74) is 3.96. The van der Waals surface area contributed by atoms with E-state index in [-0.39, 0.29) is 16.3 Å². The largest absolute Gasteiger partial charge is 0.573 e. The van der Waals surface area contributed by atoms with Crippen molar-refractivity contribution in [3.8, 4) is 5.75 Å². The van der Waals surface area contributed by atoms with Crippen LogP contribution < -0.4 is 10.1 Å². The Hall–Kier alpha value is -3.04.